The van der Waals surface area contributed by atoms with E-state index >= 15 is 0 Å². The Morgan fingerprint density at radius 1 is 1.25 bits per heavy atom. The summed E-state index contributed by atoms with van der Waals surface area (Å²) in [4.78, 5) is 21.4. The molecule has 4 nitrogen and oxygen atoms in total. The van der Waals surface area contributed by atoms with Gasteiger partial charge in [0.2, 0.25) is 0 Å². The SMILES string of the molecule is O=C(OC(=O)C(F)(F)F)C1=CNC=CC=C1. The van der Waals surface area contributed by atoms with Crippen molar-refractivity contribution in [1.29, 1.82) is 0 Å². The van der Waals surface area contributed by atoms with Crippen LogP contribution in [-0.4, -0.2) is 18.1 Å². The van der Waals surface area contributed by atoms with Gasteiger partial charge in [-0.1, -0.05) is 6.08 Å². The predicted octanol–water partition coefficient (Wildman–Crippen LogP) is 1.18. The van der Waals surface area contributed by atoms with Crippen LogP contribution in [0.3, 0.4) is 0 Å². The standard InChI is InChI=1S/C9H6F3NO3/c10-9(11,12)8(15)16-7(14)6-3-1-2-4-13-5-6/h1-5,13H. The second-order valence-electron chi connectivity index (χ2n) is 2.66. The minimum Gasteiger partial charge on any atom is -0.383 e. The van der Waals surface area contributed by atoms with Gasteiger partial charge in [-0.05, 0) is 12.2 Å². The number of nitrogens with one attached hydrogen (secondary N) is 1. The molecule has 86 valence electrons. The van der Waals surface area contributed by atoms with Crippen LogP contribution in [0.15, 0.2) is 36.2 Å². The maximum absolute atomic E-state index is 11.8. The molecule has 0 aromatic rings. The molecule has 1 aliphatic heterocycles. The van der Waals surface area contributed by atoms with E-state index in [1.54, 1.807) is 0 Å². The van der Waals surface area contributed by atoms with Crippen molar-refractivity contribution in [3.8, 4) is 0 Å². The van der Waals surface area contributed by atoms with Gasteiger partial charge >= 0.3 is 18.1 Å². The number of carbonyl (C=O) groups excluding carboxylic acids is 2. The van der Waals surface area contributed by atoms with Crippen molar-refractivity contribution in [2.24, 2.45) is 0 Å². The zero-order valence-electron chi connectivity index (χ0n) is 7.75. The Bertz CT molecular complexity index is 393. The molecule has 0 aliphatic carbocycles. The van der Waals surface area contributed by atoms with Gasteiger partial charge in [0, 0.05) is 12.4 Å². The maximum Gasteiger partial charge on any atom is 0.491 e. The van der Waals surface area contributed by atoms with Gasteiger partial charge in [0.1, 0.15) is 0 Å². The Morgan fingerprint density at radius 3 is 2.56 bits per heavy atom. The Labute approximate surface area is 88.1 Å². The van der Waals surface area contributed by atoms with Crippen LogP contribution in [0.2, 0.25) is 0 Å². The molecule has 16 heavy (non-hydrogen) atoms. The van der Waals surface area contributed by atoms with Gasteiger partial charge < -0.3 is 10.1 Å². The van der Waals surface area contributed by atoms with E-state index in [9.17, 15) is 22.8 Å². The van der Waals surface area contributed by atoms with Gasteiger partial charge in [0.15, 0.2) is 0 Å². The number of allylic oxidation sites excluding steroid dienone is 2. The number of alkyl halides is 3. The van der Waals surface area contributed by atoms with Crippen LogP contribution >= 0.6 is 0 Å². The lowest BCUT2D eigenvalue weighted by Crippen LogP contribution is -2.28. The monoisotopic (exact) mass is 233 g/mol. The van der Waals surface area contributed by atoms with Crippen molar-refractivity contribution in [1.82, 2.24) is 5.32 Å². The molecule has 0 aromatic carbocycles. The molecule has 7 heteroatoms. The number of hydrogen-bond acceptors (Lipinski definition) is 4. The fraction of sp³-hybridized carbons (Fsp3) is 0.111. The van der Waals surface area contributed by atoms with Crippen LogP contribution in [0.25, 0.3) is 0 Å². The summed E-state index contributed by atoms with van der Waals surface area (Å²) < 4.78 is 38.9. The molecule has 0 spiro atoms. The van der Waals surface area contributed by atoms with Gasteiger partial charge in [-0.2, -0.15) is 13.2 Å². The van der Waals surface area contributed by atoms with E-state index in [2.05, 4.69) is 10.1 Å². The average Bonchev–Trinajstić information content (AvgIpc) is 2.43. The van der Waals surface area contributed by atoms with Crippen molar-refractivity contribution in [3.05, 3.63) is 36.2 Å². The van der Waals surface area contributed by atoms with E-state index in [-0.39, 0.29) is 5.57 Å². The molecule has 1 aliphatic rings. The van der Waals surface area contributed by atoms with Crippen molar-refractivity contribution in [2.75, 3.05) is 0 Å². The number of rotatable bonds is 1. The highest BCUT2D eigenvalue weighted by Crippen LogP contribution is 2.17. The second kappa shape index (κ2) is 4.65. The van der Waals surface area contributed by atoms with Crippen LogP contribution in [0, 0.1) is 0 Å². The molecule has 0 unspecified atom stereocenters. The number of hydrogen-bond donors (Lipinski definition) is 1. The summed E-state index contributed by atoms with van der Waals surface area (Å²) in [7, 11) is 0. The van der Waals surface area contributed by atoms with Crippen LogP contribution in [0.4, 0.5) is 13.2 Å². The van der Waals surface area contributed by atoms with Gasteiger partial charge in [0.05, 0.1) is 5.57 Å². The number of carbonyl (C=O) groups is 2. The molecule has 0 fully saturated rings. The molecule has 0 saturated heterocycles. The first-order chi connectivity index (χ1) is 7.41. The van der Waals surface area contributed by atoms with E-state index in [0.29, 0.717) is 0 Å². The normalized spacial score (nSPS) is 14.8. The van der Waals surface area contributed by atoms with Crippen LogP contribution in [0.5, 0.6) is 0 Å². The average molecular weight is 233 g/mol. The largest absolute Gasteiger partial charge is 0.491 e. The Balaban J connectivity index is 2.67. The topological polar surface area (TPSA) is 55.4 Å². The van der Waals surface area contributed by atoms with Crippen molar-refractivity contribution >= 4 is 11.9 Å². The molecular formula is C9H6F3NO3. The molecule has 0 amide bonds. The van der Waals surface area contributed by atoms with Gasteiger partial charge in [-0.3, -0.25) is 0 Å². The number of ether oxygens (including phenoxy) is 1. The highest BCUT2D eigenvalue weighted by molar-refractivity contribution is 5.99. The molecular weight excluding hydrogens is 227 g/mol. The van der Waals surface area contributed by atoms with Gasteiger partial charge in [-0.25, -0.2) is 9.59 Å². The summed E-state index contributed by atoms with van der Waals surface area (Å²) in [5.41, 5.74) is -0.192. The first kappa shape index (κ1) is 12.0. The molecule has 0 aromatic heterocycles. The third-order valence-electron chi connectivity index (χ3n) is 1.47. The Morgan fingerprint density at radius 2 is 1.94 bits per heavy atom. The Kier molecular flexibility index (Phi) is 3.49. The van der Waals surface area contributed by atoms with E-state index in [1.165, 1.54) is 24.4 Å². The summed E-state index contributed by atoms with van der Waals surface area (Å²) >= 11 is 0. The molecule has 1 N–H and O–H groups in total. The van der Waals surface area contributed by atoms with Crippen LogP contribution in [-0.2, 0) is 14.3 Å². The minimum absolute atomic E-state index is 0.192. The van der Waals surface area contributed by atoms with Gasteiger partial charge in [-0.15, -0.1) is 0 Å². The van der Waals surface area contributed by atoms with Crippen molar-refractivity contribution in [3.63, 3.8) is 0 Å². The van der Waals surface area contributed by atoms with Gasteiger partial charge in [0.25, 0.3) is 0 Å². The lowest BCUT2D eigenvalue weighted by atomic mass is 10.2. The zero-order chi connectivity index (χ0) is 12.2. The number of halogens is 3. The fourth-order valence-electron chi connectivity index (χ4n) is 0.784. The summed E-state index contributed by atoms with van der Waals surface area (Å²) in [6.45, 7) is 0. The molecule has 0 bridgehead atoms. The van der Waals surface area contributed by atoms with Crippen molar-refractivity contribution < 1.29 is 27.5 Å². The molecule has 0 atom stereocenters. The Hall–Kier alpha value is -2.05. The lowest BCUT2D eigenvalue weighted by molar-refractivity contribution is -0.200. The fourth-order valence-corrected chi connectivity index (χ4v) is 0.784. The summed E-state index contributed by atoms with van der Waals surface area (Å²) in [6.07, 6.45) is 1.51. The molecule has 1 heterocycles. The van der Waals surface area contributed by atoms with E-state index < -0.39 is 18.1 Å². The van der Waals surface area contributed by atoms with E-state index in [0.717, 1.165) is 6.20 Å². The van der Waals surface area contributed by atoms with E-state index in [1.807, 2.05) is 0 Å². The zero-order valence-corrected chi connectivity index (χ0v) is 7.75. The summed E-state index contributed by atoms with van der Waals surface area (Å²) in [5, 5.41) is 2.49. The molecule has 0 radical (unpaired) electrons. The third-order valence-corrected chi connectivity index (χ3v) is 1.47. The quantitative estimate of drug-likeness (QED) is 0.545. The first-order valence-corrected chi connectivity index (χ1v) is 4.04. The maximum atomic E-state index is 11.8. The second-order valence-corrected chi connectivity index (χ2v) is 2.66. The predicted molar refractivity (Wildman–Crippen MR) is 46.7 cm³/mol. The molecule has 0 saturated carbocycles. The highest BCUT2D eigenvalue weighted by Gasteiger charge is 2.42. The third kappa shape index (κ3) is 3.26. The lowest BCUT2D eigenvalue weighted by Gasteiger charge is -2.05. The number of esters is 2. The highest BCUT2D eigenvalue weighted by atomic mass is 19.4. The minimum atomic E-state index is -5.18. The van der Waals surface area contributed by atoms with Crippen molar-refractivity contribution in [2.45, 2.75) is 6.18 Å². The van der Waals surface area contributed by atoms with Crippen LogP contribution in [0.1, 0.15) is 0 Å². The first-order valence-electron chi connectivity index (χ1n) is 4.04. The molecule has 1 rings (SSSR count). The van der Waals surface area contributed by atoms with Crippen LogP contribution < -0.4 is 5.32 Å². The van der Waals surface area contributed by atoms with E-state index in [4.69, 9.17) is 0 Å². The smallest absolute Gasteiger partial charge is 0.383 e. The summed E-state index contributed by atoms with van der Waals surface area (Å²) in [5.74, 6) is -3.90. The summed E-state index contributed by atoms with van der Waals surface area (Å²) in [6, 6.07) is 0.